The minimum Gasteiger partial charge on any atom is -0.456 e. The van der Waals surface area contributed by atoms with Crippen molar-refractivity contribution in [1.82, 2.24) is 15.5 Å². The summed E-state index contributed by atoms with van der Waals surface area (Å²) in [4.78, 5) is 60.2. The molecule has 150 valence electrons. The Morgan fingerprint density at radius 2 is 1.68 bits per heavy atom. The van der Waals surface area contributed by atoms with Crippen molar-refractivity contribution in [2.75, 3.05) is 19.7 Å². The fourth-order valence-corrected chi connectivity index (χ4v) is 2.55. The van der Waals surface area contributed by atoms with Gasteiger partial charge in [0.05, 0.1) is 11.1 Å². The van der Waals surface area contributed by atoms with Gasteiger partial charge in [0.15, 0.2) is 6.61 Å². The van der Waals surface area contributed by atoms with Gasteiger partial charge in [0.25, 0.3) is 17.7 Å². The van der Waals surface area contributed by atoms with Gasteiger partial charge in [-0.3, -0.25) is 29.4 Å². The zero-order valence-electron chi connectivity index (χ0n) is 15.8. The molecule has 0 bridgehead atoms. The number of amides is 5. The molecule has 9 heteroatoms. The summed E-state index contributed by atoms with van der Waals surface area (Å²) < 4.78 is 4.79. The highest BCUT2D eigenvalue weighted by Crippen LogP contribution is 2.22. The number of hydrogen-bond donors (Lipinski definition) is 2. The zero-order chi connectivity index (χ0) is 20.7. The van der Waals surface area contributed by atoms with E-state index in [9.17, 15) is 24.0 Å². The Bertz CT molecular complexity index is 755. The van der Waals surface area contributed by atoms with Crippen molar-refractivity contribution in [3.8, 4) is 0 Å². The third-order valence-electron chi connectivity index (χ3n) is 3.93. The van der Waals surface area contributed by atoms with E-state index in [-0.39, 0.29) is 37.1 Å². The first-order chi connectivity index (χ1) is 13.3. The first kappa shape index (κ1) is 21.1. The van der Waals surface area contributed by atoms with E-state index in [1.807, 2.05) is 19.2 Å². The number of rotatable bonds is 8. The predicted molar refractivity (Wildman–Crippen MR) is 98.4 cm³/mol. The Hall–Kier alpha value is -3.23. The van der Waals surface area contributed by atoms with Crippen LogP contribution >= 0.6 is 0 Å². The second-order valence-corrected chi connectivity index (χ2v) is 6.72. The van der Waals surface area contributed by atoms with Crippen LogP contribution in [-0.4, -0.2) is 54.3 Å². The van der Waals surface area contributed by atoms with Gasteiger partial charge in [0.1, 0.15) is 0 Å². The van der Waals surface area contributed by atoms with Crippen LogP contribution in [0.5, 0.6) is 0 Å². The Labute approximate surface area is 162 Å². The summed E-state index contributed by atoms with van der Waals surface area (Å²) in [5.41, 5.74) is 0.699. The summed E-state index contributed by atoms with van der Waals surface area (Å²) in [6.07, 6.45) is 0.140. The van der Waals surface area contributed by atoms with E-state index in [2.05, 4.69) is 5.32 Å². The van der Waals surface area contributed by atoms with Crippen molar-refractivity contribution in [1.29, 1.82) is 0 Å². The van der Waals surface area contributed by atoms with Gasteiger partial charge in [-0.25, -0.2) is 4.79 Å². The number of fused-ring (bicyclic) bond motifs is 1. The number of urea groups is 1. The van der Waals surface area contributed by atoms with Crippen LogP contribution in [0, 0.1) is 5.92 Å². The molecular formula is C19H23N3O6. The van der Waals surface area contributed by atoms with Crippen molar-refractivity contribution in [3.63, 3.8) is 0 Å². The lowest BCUT2D eigenvalue weighted by Crippen LogP contribution is -2.42. The third-order valence-corrected chi connectivity index (χ3v) is 3.93. The van der Waals surface area contributed by atoms with Gasteiger partial charge < -0.3 is 10.1 Å². The molecule has 0 fully saturated rings. The first-order valence-electron chi connectivity index (χ1n) is 8.98. The lowest BCUT2D eigenvalue weighted by Gasteiger charge is -2.13. The molecule has 5 amide bonds. The second kappa shape index (κ2) is 9.63. The summed E-state index contributed by atoms with van der Waals surface area (Å²) in [5, 5.41) is 4.55. The van der Waals surface area contributed by atoms with Crippen LogP contribution in [0.25, 0.3) is 0 Å². The Morgan fingerprint density at radius 1 is 1.07 bits per heavy atom. The van der Waals surface area contributed by atoms with Crippen LogP contribution in [0.1, 0.15) is 47.4 Å². The highest BCUT2D eigenvalue weighted by atomic mass is 16.5. The molecule has 0 radical (unpaired) electrons. The van der Waals surface area contributed by atoms with Gasteiger partial charge >= 0.3 is 12.0 Å². The Morgan fingerprint density at radius 3 is 2.25 bits per heavy atom. The highest BCUT2D eigenvalue weighted by Gasteiger charge is 2.34. The smallest absolute Gasteiger partial charge is 0.321 e. The SMILES string of the molecule is CC(C)CNC(=O)NC(=O)COC(=O)CCCN1C(=O)c2ccccc2C1=O. The van der Waals surface area contributed by atoms with E-state index < -0.39 is 24.5 Å². The van der Waals surface area contributed by atoms with Crippen molar-refractivity contribution in [2.24, 2.45) is 5.92 Å². The van der Waals surface area contributed by atoms with E-state index in [0.717, 1.165) is 4.90 Å². The van der Waals surface area contributed by atoms with Gasteiger partial charge in [-0.15, -0.1) is 0 Å². The van der Waals surface area contributed by atoms with Crippen LogP contribution in [0.3, 0.4) is 0 Å². The molecule has 0 spiro atoms. The molecule has 1 aromatic carbocycles. The standard InChI is InChI=1S/C19H23N3O6/c1-12(2)10-20-19(27)21-15(23)11-28-16(24)8-5-9-22-17(25)13-6-3-4-7-14(13)18(22)26/h3-4,6-7,12H,5,8-11H2,1-2H3,(H2,20,21,23,27). The topological polar surface area (TPSA) is 122 Å². The molecule has 0 aliphatic carbocycles. The van der Waals surface area contributed by atoms with Gasteiger partial charge in [0.2, 0.25) is 0 Å². The number of nitrogens with zero attached hydrogens (tertiary/aromatic N) is 1. The van der Waals surface area contributed by atoms with E-state index in [1.165, 1.54) is 0 Å². The number of carbonyl (C=O) groups is 5. The monoisotopic (exact) mass is 389 g/mol. The molecule has 1 aromatic rings. The van der Waals surface area contributed by atoms with Crippen LogP contribution in [0.4, 0.5) is 4.79 Å². The third kappa shape index (κ3) is 5.63. The second-order valence-electron chi connectivity index (χ2n) is 6.72. The fourth-order valence-electron chi connectivity index (χ4n) is 2.55. The number of ether oxygens (including phenoxy) is 1. The number of benzene rings is 1. The molecule has 0 aromatic heterocycles. The molecular weight excluding hydrogens is 366 g/mol. The molecule has 9 nitrogen and oxygen atoms in total. The van der Waals surface area contributed by atoms with E-state index in [0.29, 0.717) is 17.7 Å². The minimum absolute atomic E-state index is 0.0692. The van der Waals surface area contributed by atoms with Gasteiger partial charge in [-0.1, -0.05) is 26.0 Å². The number of imide groups is 2. The van der Waals surface area contributed by atoms with Crippen LogP contribution in [-0.2, 0) is 14.3 Å². The molecule has 0 saturated heterocycles. The Balaban J connectivity index is 1.67. The lowest BCUT2D eigenvalue weighted by molar-refractivity contribution is -0.148. The minimum atomic E-state index is -0.741. The lowest BCUT2D eigenvalue weighted by atomic mass is 10.1. The molecule has 2 N–H and O–H groups in total. The number of hydrogen-bond acceptors (Lipinski definition) is 6. The van der Waals surface area contributed by atoms with Crippen LogP contribution < -0.4 is 10.6 Å². The van der Waals surface area contributed by atoms with Gasteiger partial charge in [-0.2, -0.15) is 0 Å². The molecule has 0 unspecified atom stereocenters. The zero-order valence-corrected chi connectivity index (χ0v) is 15.8. The number of nitrogens with one attached hydrogen (secondary N) is 2. The maximum absolute atomic E-state index is 12.2. The Kier molecular flexibility index (Phi) is 7.25. The molecule has 2 rings (SSSR count). The largest absolute Gasteiger partial charge is 0.456 e. The number of carbonyl (C=O) groups excluding carboxylic acids is 5. The highest BCUT2D eigenvalue weighted by molar-refractivity contribution is 6.21. The summed E-state index contributed by atoms with van der Waals surface area (Å²) in [6.45, 7) is 3.72. The maximum Gasteiger partial charge on any atom is 0.321 e. The molecule has 1 aliphatic heterocycles. The quantitative estimate of drug-likeness (QED) is 0.507. The van der Waals surface area contributed by atoms with Gasteiger partial charge in [0, 0.05) is 19.5 Å². The van der Waals surface area contributed by atoms with Crippen LogP contribution in [0.2, 0.25) is 0 Å². The van der Waals surface area contributed by atoms with Crippen molar-refractivity contribution < 1.29 is 28.7 Å². The van der Waals surface area contributed by atoms with Gasteiger partial charge in [-0.05, 0) is 24.5 Å². The maximum atomic E-state index is 12.2. The average molecular weight is 389 g/mol. The molecule has 0 atom stereocenters. The molecule has 0 saturated carbocycles. The van der Waals surface area contributed by atoms with Crippen LogP contribution in [0.15, 0.2) is 24.3 Å². The van der Waals surface area contributed by atoms with Crippen molar-refractivity contribution in [3.05, 3.63) is 35.4 Å². The van der Waals surface area contributed by atoms with E-state index >= 15 is 0 Å². The molecule has 1 aliphatic rings. The summed E-state index contributed by atoms with van der Waals surface area (Å²) >= 11 is 0. The normalized spacial score (nSPS) is 12.8. The summed E-state index contributed by atoms with van der Waals surface area (Å²) in [6, 6.07) is 5.87. The van der Waals surface area contributed by atoms with E-state index in [1.54, 1.807) is 24.3 Å². The fraction of sp³-hybridized carbons (Fsp3) is 0.421. The molecule has 1 heterocycles. The van der Waals surface area contributed by atoms with E-state index in [4.69, 9.17) is 4.74 Å². The summed E-state index contributed by atoms with van der Waals surface area (Å²) in [7, 11) is 0. The molecule has 28 heavy (non-hydrogen) atoms. The average Bonchev–Trinajstić information content (AvgIpc) is 2.90. The summed E-state index contributed by atoms with van der Waals surface area (Å²) in [5.74, 6) is -1.94. The first-order valence-corrected chi connectivity index (χ1v) is 8.98. The number of esters is 1. The van der Waals surface area contributed by atoms with Crippen molar-refractivity contribution in [2.45, 2.75) is 26.7 Å². The predicted octanol–water partition coefficient (Wildman–Crippen LogP) is 1.09. The van der Waals surface area contributed by atoms with Crippen molar-refractivity contribution >= 4 is 29.7 Å².